The van der Waals surface area contributed by atoms with Crippen LogP contribution in [0.3, 0.4) is 0 Å². The summed E-state index contributed by atoms with van der Waals surface area (Å²) in [6.07, 6.45) is 2.52. The molecular formula is C22H25FN2O5. The monoisotopic (exact) mass is 416 g/mol. The number of ketones is 1. The fraction of sp³-hybridized carbons (Fsp3) is 0.409. The van der Waals surface area contributed by atoms with Gasteiger partial charge in [0.25, 0.3) is 5.91 Å². The molecule has 0 bridgehead atoms. The first kappa shape index (κ1) is 21.7. The first-order chi connectivity index (χ1) is 14.2. The SMILES string of the molecule is CC1(C)CCCOCCn2cc(C(=O)NCc3ccc(F)cc3)c(=O)c(O)c2C1=O. The zero-order valence-corrected chi connectivity index (χ0v) is 17.0. The number of hydrogen-bond acceptors (Lipinski definition) is 5. The summed E-state index contributed by atoms with van der Waals surface area (Å²) in [7, 11) is 0. The van der Waals surface area contributed by atoms with Crippen LogP contribution in [-0.2, 0) is 17.8 Å². The molecule has 0 unspecified atom stereocenters. The minimum absolute atomic E-state index is 0.0795. The van der Waals surface area contributed by atoms with Gasteiger partial charge in [0.1, 0.15) is 17.1 Å². The van der Waals surface area contributed by atoms with Crippen LogP contribution < -0.4 is 10.7 Å². The van der Waals surface area contributed by atoms with E-state index in [4.69, 9.17) is 4.74 Å². The molecule has 2 N–H and O–H groups in total. The molecule has 1 aliphatic rings. The van der Waals surface area contributed by atoms with Gasteiger partial charge in [-0.25, -0.2) is 4.39 Å². The average Bonchev–Trinajstić information content (AvgIpc) is 2.71. The molecule has 0 saturated heterocycles. The van der Waals surface area contributed by atoms with Crippen molar-refractivity contribution < 1.29 is 23.8 Å². The first-order valence-corrected chi connectivity index (χ1v) is 9.82. The maximum Gasteiger partial charge on any atom is 0.257 e. The molecule has 0 spiro atoms. The van der Waals surface area contributed by atoms with E-state index in [1.807, 2.05) is 0 Å². The van der Waals surface area contributed by atoms with E-state index in [-0.39, 0.29) is 36.7 Å². The Hall–Kier alpha value is -3.00. The minimum Gasteiger partial charge on any atom is -0.503 e. The van der Waals surface area contributed by atoms with Gasteiger partial charge in [-0.1, -0.05) is 26.0 Å². The quantitative estimate of drug-likeness (QED) is 0.802. The van der Waals surface area contributed by atoms with Gasteiger partial charge >= 0.3 is 0 Å². The number of hydrogen-bond donors (Lipinski definition) is 2. The topological polar surface area (TPSA) is 97.6 Å². The summed E-state index contributed by atoms with van der Waals surface area (Å²) < 4.78 is 20.0. The Labute approximate surface area is 173 Å². The van der Waals surface area contributed by atoms with Gasteiger partial charge in [0, 0.05) is 31.3 Å². The van der Waals surface area contributed by atoms with Gasteiger partial charge < -0.3 is 19.7 Å². The van der Waals surface area contributed by atoms with Crippen LogP contribution in [0.15, 0.2) is 35.3 Å². The molecule has 0 atom stereocenters. The summed E-state index contributed by atoms with van der Waals surface area (Å²) in [5.74, 6) is -2.17. The second-order valence-corrected chi connectivity index (χ2v) is 8.00. The average molecular weight is 416 g/mol. The molecule has 160 valence electrons. The number of pyridine rings is 1. The number of carbonyl (C=O) groups excluding carboxylic acids is 2. The molecule has 2 heterocycles. The zero-order chi connectivity index (χ0) is 21.9. The number of ether oxygens (including phenoxy) is 1. The van der Waals surface area contributed by atoms with Crippen LogP contribution in [0.2, 0.25) is 0 Å². The van der Waals surface area contributed by atoms with Crippen molar-refractivity contribution in [3.05, 3.63) is 63.3 Å². The lowest BCUT2D eigenvalue weighted by atomic mass is 9.81. The number of benzene rings is 1. The van der Waals surface area contributed by atoms with Crippen molar-refractivity contribution in [3.8, 4) is 5.75 Å². The third kappa shape index (κ3) is 4.59. The number of fused-ring (bicyclic) bond motifs is 1. The Morgan fingerprint density at radius 1 is 1.23 bits per heavy atom. The molecule has 0 fully saturated rings. The van der Waals surface area contributed by atoms with Crippen molar-refractivity contribution in [1.29, 1.82) is 0 Å². The smallest absolute Gasteiger partial charge is 0.257 e. The van der Waals surface area contributed by atoms with E-state index in [9.17, 15) is 23.9 Å². The lowest BCUT2D eigenvalue weighted by molar-refractivity contribution is 0.0729. The molecule has 0 radical (unpaired) electrons. The maximum absolute atomic E-state index is 13.1. The highest BCUT2D eigenvalue weighted by molar-refractivity contribution is 6.02. The van der Waals surface area contributed by atoms with E-state index >= 15 is 0 Å². The molecule has 3 rings (SSSR count). The van der Waals surface area contributed by atoms with E-state index in [1.165, 1.54) is 35.0 Å². The fourth-order valence-corrected chi connectivity index (χ4v) is 3.42. The third-order valence-electron chi connectivity index (χ3n) is 5.26. The number of aromatic hydroxyl groups is 1. The van der Waals surface area contributed by atoms with Crippen LogP contribution in [0.25, 0.3) is 0 Å². The molecule has 0 saturated carbocycles. The second-order valence-electron chi connectivity index (χ2n) is 8.00. The van der Waals surface area contributed by atoms with Gasteiger partial charge in [0.05, 0.1) is 6.61 Å². The normalized spacial score (nSPS) is 16.6. The van der Waals surface area contributed by atoms with Crippen molar-refractivity contribution in [2.24, 2.45) is 5.41 Å². The van der Waals surface area contributed by atoms with Gasteiger partial charge in [-0.05, 0) is 30.5 Å². The highest BCUT2D eigenvalue weighted by Gasteiger charge is 2.34. The Bertz CT molecular complexity index is 1010. The van der Waals surface area contributed by atoms with Gasteiger partial charge in [0.2, 0.25) is 5.43 Å². The Balaban J connectivity index is 1.94. The van der Waals surface area contributed by atoms with Crippen molar-refractivity contribution in [2.45, 2.75) is 39.8 Å². The van der Waals surface area contributed by atoms with Gasteiger partial charge in [-0.2, -0.15) is 0 Å². The van der Waals surface area contributed by atoms with Crippen LogP contribution in [0, 0.1) is 11.2 Å². The van der Waals surface area contributed by atoms with E-state index < -0.39 is 28.3 Å². The largest absolute Gasteiger partial charge is 0.503 e. The molecule has 8 heteroatoms. The number of nitrogens with one attached hydrogen (secondary N) is 1. The zero-order valence-electron chi connectivity index (χ0n) is 17.0. The first-order valence-electron chi connectivity index (χ1n) is 9.82. The van der Waals surface area contributed by atoms with Crippen LogP contribution in [-0.4, -0.2) is 34.6 Å². The van der Waals surface area contributed by atoms with Crippen molar-refractivity contribution >= 4 is 11.7 Å². The van der Waals surface area contributed by atoms with E-state index in [0.29, 0.717) is 25.0 Å². The molecule has 1 amide bonds. The Morgan fingerprint density at radius 2 is 1.93 bits per heavy atom. The lowest BCUT2D eigenvalue weighted by Gasteiger charge is -2.27. The van der Waals surface area contributed by atoms with Crippen LogP contribution in [0.4, 0.5) is 4.39 Å². The predicted molar refractivity (Wildman–Crippen MR) is 108 cm³/mol. The van der Waals surface area contributed by atoms with Crippen molar-refractivity contribution in [3.63, 3.8) is 0 Å². The van der Waals surface area contributed by atoms with Crippen molar-refractivity contribution in [2.75, 3.05) is 13.2 Å². The second kappa shape index (κ2) is 8.79. The molecule has 7 nitrogen and oxygen atoms in total. The molecule has 1 aliphatic heterocycles. The highest BCUT2D eigenvalue weighted by atomic mass is 19.1. The number of amides is 1. The summed E-state index contributed by atoms with van der Waals surface area (Å²) in [6, 6.07) is 5.58. The predicted octanol–water partition coefficient (Wildman–Crippen LogP) is 2.64. The Kier molecular flexibility index (Phi) is 6.36. The molecule has 1 aromatic carbocycles. The summed E-state index contributed by atoms with van der Waals surface area (Å²) in [6.45, 7) is 4.59. The minimum atomic E-state index is -0.903. The number of nitrogens with zero attached hydrogens (tertiary/aromatic N) is 1. The van der Waals surface area contributed by atoms with Crippen LogP contribution in [0.1, 0.15) is 53.1 Å². The Morgan fingerprint density at radius 3 is 2.63 bits per heavy atom. The number of aromatic nitrogens is 1. The standard InChI is InChI=1S/C22H25FN2O5/c1-22(2)8-3-10-30-11-9-25-13-16(18(26)19(27)17(25)20(22)28)21(29)24-12-14-4-6-15(23)7-5-14/h4-7,13,27H,3,8-12H2,1-2H3,(H,24,29). The molecule has 0 aliphatic carbocycles. The number of Topliss-reactive ketones (excluding diaryl/α,β-unsaturated/α-hetero) is 1. The van der Waals surface area contributed by atoms with E-state index in [0.717, 1.165) is 0 Å². The van der Waals surface area contributed by atoms with Gasteiger partial charge in [0.15, 0.2) is 11.5 Å². The number of carbonyl (C=O) groups is 2. The highest BCUT2D eigenvalue weighted by Crippen LogP contribution is 2.31. The van der Waals surface area contributed by atoms with E-state index in [2.05, 4.69) is 5.32 Å². The van der Waals surface area contributed by atoms with E-state index in [1.54, 1.807) is 13.8 Å². The third-order valence-corrected chi connectivity index (χ3v) is 5.26. The fourth-order valence-electron chi connectivity index (χ4n) is 3.42. The summed E-state index contributed by atoms with van der Waals surface area (Å²) in [5, 5.41) is 13.1. The van der Waals surface area contributed by atoms with Crippen molar-refractivity contribution in [1.82, 2.24) is 9.88 Å². The molecule has 1 aromatic heterocycles. The van der Waals surface area contributed by atoms with Crippen LogP contribution in [0.5, 0.6) is 5.75 Å². The summed E-state index contributed by atoms with van der Waals surface area (Å²) in [5.41, 5.74) is -1.43. The molecular weight excluding hydrogens is 391 g/mol. The maximum atomic E-state index is 13.1. The van der Waals surface area contributed by atoms with Gasteiger partial charge in [-0.15, -0.1) is 0 Å². The summed E-state index contributed by atoms with van der Waals surface area (Å²) in [4.78, 5) is 38.4. The van der Waals surface area contributed by atoms with Crippen LogP contribution >= 0.6 is 0 Å². The molecule has 2 aromatic rings. The summed E-state index contributed by atoms with van der Waals surface area (Å²) >= 11 is 0. The van der Waals surface area contributed by atoms with Gasteiger partial charge in [-0.3, -0.25) is 14.4 Å². The lowest BCUT2D eigenvalue weighted by Crippen LogP contribution is -2.34. The molecule has 30 heavy (non-hydrogen) atoms. The number of rotatable bonds is 3. The number of halogens is 1.